The van der Waals surface area contributed by atoms with E-state index in [1.54, 1.807) is 19.0 Å². The minimum atomic E-state index is -0.833. The van der Waals surface area contributed by atoms with Crippen molar-refractivity contribution in [2.75, 3.05) is 14.1 Å². The number of nitrogens with one attached hydrogen (secondary N) is 1. The molecular formula is C5H15N7O. The van der Waals surface area contributed by atoms with Crippen molar-refractivity contribution in [2.24, 2.45) is 27.9 Å². The van der Waals surface area contributed by atoms with Gasteiger partial charge in [-0.05, 0) is 0 Å². The number of carbonyl (C=O) groups is 1. The number of nitrogens with zero attached hydrogens (tertiary/aromatic N) is 2. The lowest BCUT2D eigenvalue weighted by molar-refractivity contribution is 0.256. The van der Waals surface area contributed by atoms with Crippen molar-refractivity contribution < 1.29 is 4.79 Å². The van der Waals surface area contributed by atoms with E-state index < -0.39 is 6.03 Å². The number of rotatable bonds is 0. The highest BCUT2D eigenvalue weighted by molar-refractivity contribution is 5.91. The molecule has 0 aliphatic heterocycles. The quantitative estimate of drug-likeness (QED) is 0.215. The third-order valence-corrected chi connectivity index (χ3v) is 0.693. The van der Waals surface area contributed by atoms with Crippen LogP contribution in [0.25, 0.3) is 0 Å². The van der Waals surface area contributed by atoms with Gasteiger partial charge in [-0.1, -0.05) is 0 Å². The Morgan fingerprint density at radius 1 is 1.23 bits per heavy atom. The van der Waals surface area contributed by atoms with Crippen LogP contribution in [0.15, 0.2) is 4.99 Å². The standard InChI is InChI=1S/C4H11N5.CH4N2O/c1-9(2)4(7)8-3(5)6;2-1(3)4/h1-2H3,(H5,5,6,7,8);(H4,2,3,4). The number of guanidine groups is 2. The molecule has 0 atom stereocenters. The molecule has 0 spiro atoms. The van der Waals surface area contributed by atoms with Gasteiger partial charge >= 0.3 is 6.03 Å². The van der Waals surface area contributed by atoms with E-state index >= 15 is 0 Å². The van der Waals surface area contributed by atoms with Gasteiger partial charge in [0.25, 0.3) is 0 Å². The van der Waals surface area contributed by atoms with Crippen molar-refractivity contribution in [3.63, 3.8) is 0 Å². The third kappa shape index (κ3) is 17.8. The fraction of sp³-hybridized carbons (Fsp3) is 0.400. The number of hydrogen-bond donors (Lipinski definition) is 5. The summed E-state index contributed by atoms with van der Waals surface area (Å²) in [5.74, 6) is -0.0382. The van der Waals surface area contributed by atoms with Crippen LogP contribution in [-0.4, -0.2) is 36.9 Å². The lowest BCUT2D eigenvalue weighted by Gasteiger charge is -2.08. The Hall–Kier alpha value is -1.99. The number of urea groups is 1. The van der Waals surface area contributed by atoms with Crippen LogP contribution >= 0.6 is 0 Å². The smallest absolute Gasteiger partial charge is 0.309 e. The van der Waals surface area contributed by atoms with Gasteiger partial charge in [0.05, 0.1) is 0 Å². The maximum Gasteiger partial charge on any atom is 0.309 e. The van der Waals surface area contributed by atoms with Gasteiger partial charge < -0.3 is 27.8 Å². The van der Waals surface area contributed by atoms with Crippen molar-refractivity contribution in [1.82, 2.24) is 4.90 Å². The summed E-state index contributed by atoms with van der Waals surface area (Å²) >= 11 is 0. The normalized spacial score (nSPS) is 9.54. The van der Waals surface area contributed by atoms with Crippen molar-refractivity contribution in [3.8, 4) is 0 Å². The first kappa shape index (κ1) is 13.6. The Labute approximate surface area is 76.1 Å². The molecule has 8 nitrogen and oxygen atoms in total. The van der Waals surface area contributed by atoms with Crippen LogP contribution in [0.3, 0.4) is 0 Å². The fourth-order valence-corrected chi connectivity index (χ4v) is 0.223. The second kappa shape index (κ2) is 6.70. The minimum Gasteiger partial charge on any atom is -0.369 e. The predicted octanol–water partition coefficient (Wildman–Crippen LogP) is -2.22. The van der Waals surface area contributed by atoms with Crippen LogP contribution in [0.4, 0.5) is 4.79 Å². The van der Waals surface area contributed by atoms with Crippen molar-refractivity contribution >= 4 is 18.0 Å². The van der Waals surface area contributed by atoms with Crippen molar-refractivity contribution in [1.29, 1.82) is 5.41 Å². The molecule has 0 aliphatic rings. The van der Waals surface area contributed by atoms with Gasteiger partial charge in [0.15, 0.2) is 5.96 Å². The monoisotopic (exact) mass is 189 g/mol. The van der Waals surface area contributed by atoms with E-state index in [4.69, 9.17) is 21.7 Å². The van der Waals surface area contributed by atoms with Gasteiger partial charge in [-0.2, -0.15) is 4.99 Å². The van der Waals surface area contributed by atoms with Gasteiger partial charge in [-0.25, -0.2) is 4.79 Å². The van der Waals surface area contributed by atoms with E-state index in [0.717, 1.165) is 0 Å². The summed E-state index contributed by atoms with van der Waals surface area (Å²) in [6, 6.07) is -0.833. The molecule has 76 valence electrons. The molecule has 0 bridgehead atoms. The molecule has 0 radical (unpaired) electrons. The molecule has 0 aromatic rings. The molecule has 0 fully saturated rings. The number of hydrogen-bond acceptors (Lipinski definition) is 2. The summed E-state index contributed by atoms with van der Waals surface area (Å²) < 4.78 is 0. The summed E-state index contributed by atoms with van der Waals surface area (Å²) in [6.07, 6.45) is 0. The summed E-state index contributed by atoms with van der Waals surface area (Å²) in [5.41, 5.74) is 18.7. The third-order valence-electron chi connectivity index (χ3n) is 0.693. The number of carbonyl (C=O) groups excluding carboxylic acids is 1. The average Bonchev–Trinajstić information content (AvgIpc) is 1.83. The summed E-state index contributed by atoms with van der Waals surface area (Å²) in [6.45, 7) is 0. The van der Waals surface area contributed by atoms with E-state index in [-0.39, 0.29) is 11.9 Å². The Balaban J connectivity index is 0. The molecule has 0 saturated carbocycles. The molecule has 0 heterocycles. The molecule has 0 unspecified atom stereocenters. The Morgan fingerprint density at radius 3 is 1.62 bits per heavy atom. The SMILES string of the molecule is CN(C)/C(N)=N/C(=N)N.NC(N)=O. The van der Waals surface area contributed by atoms with Crippen molar-refractivity contribution in [2.45, 2.75) is 0 Å². The van der Waals surface area contributed by atoms with Gasteiger partial charge in [-0.15, -0.1) is 0 Å². The molecule has 0 rings (SSSR count). The molecule has 13 heavy (non-hydrogen) atoms. The predicted molar refractivity (Wildman–Crippen MR) is 51.0 cm³/mol. The number of nitrogens with two attached hydrogens (primary N) is 4. The molecule has 0 aliphatic carbocycles. The summed E-state index contributed by atoms with van der Waals surface area (Å²) in [7, 11) is 3.45. The molecule has 2 amide bonds. The number of aliphatic imine (C=N–C) groups is 1. The second-order valence-corrected chi connectivity index (χ2v) is 2.15. The zero-order chi connectivity index (χ0) is 11.0. The van der Waals surface area contributed by atoms with Gasteiger partial charge in [0.1, 0.15) is 0 Å². The minimum absolute atomic E-state index is 0.238. The van der Waals surface area contributed by atoms with Crippen LogP contribution in [-0.2, 0) is 0 Å². The second-order valence-electron chi connectivity index (χ2n) is 2.15. The first-order valence-electron chi connectivity index (χ1n) is 3.17. The topological polar surface area (TPSA) is 161 Å². The van der Waals surface area contributed by atoms with E-state index in [1.165, 1.54) is 0 Å². The van der Waals surface area contributed by atoms with E-state index in [1.807, 2.05) is 0 Å². The maximum atomic E-state index is 9.00. The molecule has 8 heteroatoms. The molecule has 0 aromatic carbocycles. The molecule has 9 N–H and O–H groups in total. The summed E-state index contributed by atoms with van der Waals surface area (Å²) in [4.78, 5) is 14.0. The summed E-state index contributed by atoms with van der Waals surface area (Å²) in [5, 5.41) is 6.70. The maximum absolute atomic E-state index is 9.00. The zero-order valence-corrected chi connectivity index (χ0v) is 7.61. The highest BCUT2D eigenvalue weighted by Crippen LogP contribution is 1.73. The molecule has 0 saturated heterocycles. The largest absolute Gasteiger partial charge is 0.369 e. The van der Waals surface area contributed by atoms with Crippen molar-refractivity contribution in [3.05, 3.63) is 0 Å². The molecular weight excluding hydrogens is 174 g/mol. The average molecular weight is 189 g/mol. The lowest BCUT2D eigenvalue weighted by atomic mass is 10.8. The van der Waals surface area contributed by atoms with Crippen LogP contribution < -0.4 is 22.9 Å². The van der Waals surface area contributed by atoms with E-state index in [9.17, 15) is 0 Å². The van der Waals surface area contributed by atoms with Gasteiger partial charge in [-0.3, -0.25) is 5.41 Å². The highest BCUT2D eigenvalue weighted by Gasteiger charge is 1.92. The Morgan fingerprint density at radius 2 is 1.54 bits per heavy atom. The van der Waals surface area contributed by atoms with E-state index in [2.05, 4.69) is 16.5 Å². The van der Waals surface area contributed by atoms with Crippen LogP contribution in [0.1, 0.15) is 0 Å². The molecule has 0 aromatic heterocycles. The zero-order valence-electron chi connectivity index (χ0n) is 7.61. The van der Waals surface area contributed by atoms with Gasteiger partial charge in [0.2, 0.25) is 5.96 Å². The fourth-order valence-electron chi connectivity index (χ4n) is 0.223. The first-order valence-corrected chi connectivity index (χ1v) is 3.17. The van der Waals surface area contributed by atoms with Crippen LogP contribution in [0.2, 0.25) is 0 Å². The lowest BCUT2D eigenvalue weighted by Crippen LogP contribution is -2.32. The Bertz CT molecular complexity index is 205. The van der Waals surface area contributed by atoms with Crippen LogP contribution in [0.5, 0.6) is 0 Å². The van der Waals surface area contributed by atoms with Gasteiger partial charge in [0, 0.05) is 14.1 Å². The number of primary amides is 2. The van der Waals surface area contributed by atoms with E-state index in [0.29, 0.717) is 0 Å². The first-order chi connectivity index (χ1) is 5.77. The van der Waals surface area contributed by atoms with Crippen LogP contribution in [0, 0.1) is 5.41 Å². The Kier molecular flexibility index (Phi) is 7.01. The number of amides is 2. The highest BCUT2D eigenvalue weighted by atomic mass is 16.2.